The molecule has 0 aliphatic carbocycles. The van der Waals surface area contributed by atoms with Gasteiger partial charge in [0.2, 0.25) is 0 Å². The fourth-order valence-corrected chi connectivity index (χ4v) is 0. The van der Waals surface area contributed by atoms with Crippen molar-refractivity contribution in [1.82, 2.24) is 0 Å². The van der Waals surface area contributed by atoms with Crippen LogP contribution in [0.25, 0.3) is 0 Å². The molecule has 0 spiro atoms. The van der Waals surface area contributed by atoms with Crippen LogP contribution in [0, 0.1) is 5.92 Å². The molecule has 0 unspecified atom stereocenters. The highest BCUT2D eigenvalue weighted by atomic mass is 16.2. The van der Waals surface area contributed by atoms with Gasteiger partial charge in [0.1, 0.15) is 0 Å². The summed E-state index contributed by atoms with van der Waals surface area (Å²) in [4.78, 5) is 0. The summed E-state index contributed by atoms with van der Waals surface area (Å²) in [7, 11) is 1.00. The highest BCUT2D eigenvalue weighted by Gasteiger charge is 1.68. The van der Waals surface area contributed by atoms with Crippen LogP contribution in [0.15, 0.2) is 0 Å². The van der Waals surface area contributed by atoms with Crippen molar-refractivity contribution in [2.24, 2.45) is 5.92 Å². The van der Waals surface area contributed by atoms with Gasteiger partial charge in [0.25, 0.3) is 0 Å². The summed E-state index contributed by atoms with van der Waals surface area (Å²) >= 11 is 0. The van der Waals surface area contributed by atoms with Crippen LogP contribution in [0.3, 0.4) is 0 Å². The first-order chi connectivity index (χ1) is 4.15. The first-order valence-electron chi connectivity index (χ1n) is 3.59. The first kappa shape index (κ1) is 40.4. The van der Waals surface area contributed by atoms with E-state index in [4.69, 9.17) is 5.11 Å². The molecule has 0 atom stereocenters. The summed E-state index contributed by atoms with van der Waals surface area (Å²) in [5.74, 6) is 0.833. The number of hydrogen-bond donors (Lipinski definition) is 1. The van der Waals surface area contributed by atoms with E-state index in [0.717, 1.165) is 13.0 Å². The maximum absolute atomic E-state index is 7.00. The fourth-order valence-electron chi connectivity index (χ4n) is 0. The Hall–Kier alpha value is -0.0400. The summed E-state index contributed by atoms with van der Waals surface area (Å²) < 4.78 is 0. The Balaban J connectivity index is -0.0000000105. The molecule has 0 aliphatic heterocycles. The molecule has 1 nitrogen and oxygen atoms in total. The van der Waals surface area contributed by atoms with Crippen LogP contribution in [0.1, 0.15) is 63.3 Å². The fraction of sp³-hybridized carbons (Fsp3) is 1.00. The van der Waals surface area contributed by atoms with E-state index in [9.17, 15) is 0 Å². The predicted octanol–water partition coefficient (Wildman–Crippen LogP) is 4.60. The first-order valence-corrected chi connectivity index (χ1v) is 3.59. The quantitative estimate of drug-likeness (QED) is 0.580. The number of aliphatic hydroxyl groups excluding tert-OH is 1. The van der Waals surface area contributed by atoms with E-state index in [1.54, 1.807) is 0 Å². The molecule has 0 saturated heterocycles. The van der Waals surface area contributed by atoms with Gasteiger partial charge < -0.3 is 5.11 Å². The van der Waals surface area contributed by atoms with Gasteiger partial charge in [0.05, 0.1) is 0 Å². The molecule has 0 fully saturated rings. The zero-order valence-electron chi connectivity index (χ0n) is 7.73. The minimum atomic E-state index is 0. The third kappa shape index (κ3) is 500000. The van der Waals surface area contributed by atoms with Crippen molar-refractivity contribution in [2.45, 2.75) is 63.3 Å². The monoisotopic (exact) mass is 182 g/mol. The highest BCUT2D eigenvalue weighted by molar-refractivity contribution is 4.20. The second kappa shape index (κ2) is 69.3. The lowest BCUT2D eigenvalue weighted by molar-refractivity contribution is 0.399. The van der Waals surface area contributed by atoms with Crippen LogP contribution >= 0.6 is 0 Å². The van der Waals surface area contributed by atoms with Gasteiger partial charge in [-0.1, -0.05) is 63.3 Å². The Morgan fingerprint density at radius 2 is 0.833 bits per heavy atom. The molecule has 12 heavy (non-hydrogen) atoms. The maximum atomic E-state index is 7.00. The number of aliphatic hydroxyl groups is 1. The molecule has 0 saturated carbocycles. The van der Waals surface area contributed by atoms with Gasteiger partial charge in [0.15, 0.2) is 0 Å². The largest absolute Gasteiger partial charge is 0.400 e. The molecule has 0 aromatic carbocycles. The van der Waals surface area contributed by atoms with Crippen molar-refractivity contribution in [3.05, 3.63) is 0 Å². The van der Waals surface area contributed by atoms with E-state index in [2.05, 4.69) is 34.6 Å². The minimum Gasteiger partial charge on any atom is -0.400 e. The van der Waals surface area contributed by atoms with Crippen molar-refractivity contribution in [1.29, 1.82) is 0 Å². The average molecular weight is 182 g/mol. The molecule has 1 N–H and O–H groups in total. The summed E-state index contributed by atoms with van der Waals surface area (Å²) in [6.07, 6.45) is 1.25. The molecule has 84 valence electrons. The van der Waals surface area contributed by atoms with Crippen LogP contribution in [-0.4, -0.2) is 12.2 Å². The van der Waals surface area contributed by atoms with Gasteiger partial charge in [-0.2, -0.15) is 0 Å². The van der Waals surface area contributed by atoms with Crippen LogP contribution in [0.5, 0.6) is 0 Å². The Morgan fingerprint density at radius 3 is 0.833 bits per heavy atom. The second-order valence-electron chi connectivity index (χ2n) is 2.44. The molecule has 1 heteroatoms. The SMILES string of the molecule is C.C.C.CC(C)C.CCC.CO. The van der Waals surface area contributed by atoms with Crippen molar-refractivity contribution in [2.75, 3.05) is 7.11 Å². The molecule has 0 aliphatic rings. The van der Waals surface area contributed by atoms with E-state index in [0.29, 0.717) is 0 Å². The van der Waals surface area contributed by atoms with Gasteiger partial charge >= 0.3 is 0 Å². The van der Waals surface area contributed by atoms with Crippen LogP contribution in [0.2, 0.25) is 0 Å². The third-order valence-corrected chi connectivity index (χ3v) is 0. The summed E-state index contributed by atoms with van der Waals surface area (Å²) in [5, 5.41) is 7.00. The lowest BCUT2D eigenvalue weighted by Crippen LogP contribution is -1.66. The molecule has 0 aromatic rings. The van der Waals surface area contributed by atoms with Gasteiger partial charge in [-0.25, -0.2) is 0 Å². The third-order valence-electron chi connectivity index (χ3n) is 0. The summed E-state index contributed by atoms with van der Waals surface area (Å²) in [6, 6.07) is 0. The van der Waals surface area contributed by atoms with Gasteiger partial charge in [-0.3, -0.25) is 0 Å². The molecular formula is C11H34O. The van der Waals surface area contributed by atoms with Gasteiger partial charge in [0, 0.05) is 7.11 Å². The Labute approximate surface area is 82.2 Å². The topological polar surface area (TPSA) is 20.2 Å². The standard InChI is InChI=1S/C4H10.C3H8.CH4O.3CH4/c1-4(2)3;1-3-2;1-2;;;/h4H,1-3H3;3H2,1-2H3;2H,1H3;3*1H4. The molecule has 0 amide bonds. The van der Waals surface area contributed by atoms with E-state index in [1.165, 1.54) is 6.42 Å². The second-order valence-corrected chi connectivity index (χ2v) is 2.44. The van der Waals surface area contributed by atoms with Gasteiger partial charge in [-0.15, -0.1) is 0 Å². The maximum Gasteiger partial charge on any atom is 0.0319 e. The Morgan fingerprint density at radius 1 is 0.833 bits per heavy atom. The van der Waals surface area contributed by atoms with Crippen molar-refractivity contribution in [3.8, 4) is 0 Å². The van der Waals surface area contributed by atoms with Crippen LogP contribution in [0.4, 0.5) is 0 Å². The molecule has 0 radical (unpaired) electrons. The van der Waals surface area contributed by atoms with E-state index < -0.39 is 0 Å². The van der Waals surface area contributed by atoms with Gasteiger partial charge in [-0.05, 0) is 5.92 Å². The van der Waals surface area contributed by atoms with Crippen LogP contribution < -0.4 is 0 Å². The lowest BCUT2D eigenvalue weighted by atomic mass is 10.3. The Kier molecular flexibility index (Phi) is 234. The summed E-state index contributed by atoms with van der Waals surface area (Å²) in [6.45, 7) is 10.8. The summed E-state index contributed by atoms with van der Waals surface area (Å²) in [5.41, 5.74) is 0. The smallest absolute Gasteiger partial charge is 0.0319 e. The van der Waals surface area contributed by atoms with E-state index >= 15 is 0 Å². The van der Waals surface area contributed by atoms with Crippen molar-refractivity contribution in [3.63, 3.8) is 0 Å². The zero-order chi connectivity index (χ0) is 8.28. The molecule has 0 heterocycles. The van der Waals surface area contributed by atoms with Crippen molar-refractivity contribution < 1.29 is 5.11 Å². The number of hydrogen-bond acceptors (Lipinski definition) is 1. The normalized spacial score (nSPS) is 5.00. The highest BCUT2D eigenvalue weighted by Crippen LogP contribution is 1.81. The average Bonchev–Trinajstić information content (AvgIpc) is 1.71. The van der Waals surface area contributed by atoms with Crippen molar-refractivity contribution >= 4 is 0 Å². The van der Waals surface area contributed by atoms with E-state index in [-0.39, 0.29) is 22.3 Å². The molecule has 0 aromatic heterocycles. The Bertz CT molecular complexity index is 16.2. The molecular weight excluding hydrogens is 148 g/mol. The molecule has 0 bridgehead atoms. The van der Waals surface area contributed by atoms with E-state index in [1.807, 2.05) is 0 Å². The zero-order valence-corrected chi connectivity index (χ0v) is 7.73. The minimum absolute atomic E-state index is 0. The predicted molar refractivity (Wildman–Crippen MR) is 64.8 cm³/mol. The lowest BCUT2D eigenvalue weighted by Gasteiger charge is -1.79. The van der Waals surface area contributed by atoms with Crippen LogP contribution in [-0.2, 0) is 0 Å². The molecule has 0 rings (SSSR count). The number of rotatable bonds is 0.